The van der Waals surface area contributed by atoms with Crippen LogP contribution in [0.25, 0.3) is 0 Å². The Bertz CT molecular complexity index is 820. The van der Waals surface area contributed by atoms with Crippen molar-refractivity contribution in [3.05, 3.63) is 59.9 Å². The van der Waals surface area contributed by atoms with Gasteiger partial charge in [-0.3, -0.25) is 9.59 Å². The number of ether oxygens (including phenoxy) is 1. The summed E-state index contributed by atoms with van der Waals surface area (Å²) >= 11 is 0. The van der Waals surface area contributed by atoms with Gasteiger partial charge in [-0.25, -0.2) is 4.39 Å². The monoisotopic (exact) mass is 385 g/mol. The zero-order chi connectivity index (χ0) is 19.9. The van der Waals surface area contributed by atoms with Gasteiger partial charge >= 0.3 is 0 Å². The number of para-hydroxylation sites is 2. The number of hydrogen-bond donors (Lipinski definition) is 1. The Morgan fingerprint density at radius 3 is 2.46 bits per heavy atom. The van der Waals surface area contributed by atoms with Gasteiger partial charge in [0.05, 0.1) is 24.6 Å². The number of rotatable bonds is 6. The largest absolute Gasteiger partial charge is 0.378 e. The van der Waals surface area contributed by atoms with Crippen molar-refractivity contribution in [1.82, 2.24) is 4.90 Å². The Morgan fingerprint density at radius 1 is 1.11 bits per heavy atom. The summed E-state index contributed by atoms with van der Waals surface area (Å²) in [5.41, 5.74) is 2.41. The van der Waals surface area contributed by atoms with Crippen LogP contribution in [0.2, 0.25) is 0 Å². The molecule has 0 aliphatic carbocycles. The third-order valence-electron chi connectivity index (χ3n) is 4.60. The second kappa shape index (κ2) is 9.32. The molecule has 148 valence electrons. The molecular formula is C21H24FN3O3. The van der Waals surface area contributed by atoms with Crippen LogP contribution in [0, 0.1) is 5.82 Å². The van der Waals surface area contributed by atoms with Crippen molar-refractivity contribution in [3.63, 3.8) is 0 Å². The van der Waals surface area contributed by atoms with Gasteiger partial charge in [-0.15, -0.1) is 0 Å². The van der Waals surface area contributed by atoms with E-state index in [0.29, 0.717) is 18.9 Å². The van der Waals surface area contributed by atoms with E-state index in [0.717, 1.165) is 24.3 Å². The number of halogens is 1. The van der Waals surface area contributed by atoms with Gasteiger partial charge in [-0.05, 0) is 29.8 Å². The number of carbonyl (C=O) groups is 2. The number of carbonyl (C=O) groups excluding carboxylic acids is 2. The maximum absolute atomic E-state index is 13.1. The van der Waals surface area contributed by atoms with Crippen molar-refractivity contribution in [2.75, 3.05) is 43.1 Å². The summed E-state index contributed by atoms with van der Waals surface area (Å²) in [6, 6.07) is 13.5. The summed E-state index contributed by atoms with van der Waals surface area (Å²) in [7, 11) is 0. The van der Waals surface area contributed by atoms with E-state index in [-0.39, 0.29) is 30.7 Å². The third kappa shape index (κ3) is 5.29. The van der Waals surface area contributed by atoms with E-state index in [1.165, 1.54) is 24.0 Å². The average Bonchev–Trinajstić information content (AvgIpc) is 2.70. The lowest BCUT2D eigenvalue weighted by molar-refractivity contribution is -0.133. The third-order valence-corrected chi connectivity index (χ3v) is 4.60. The Morgan fingerprint density at radius 2 is 1.79 bits per heavy atom. The predicted octanol–water partition coefficient (Wildman–Crippen LogP) is 2.65. The fourth-order valence-corrected chi connectivity index (χ4v) is 3.11. The van der Waals surface area contributed by atoms with Crippen molar-refractivity contribution in [2.45, 2.75) is 13.5 Å². The molecule has 2 amide bonds. The van der Waals surface area contributed by atoms with Gasteiger partial charge in [0.2, 0.25) is 11.8 Å². The highest BCUT2D eigenvalue weighted by molar-refractivity contribution is 5.97. The quantitative estimate of drug-likeness (QED) is 0.831. The van der Waals surface area contributed by atoms with E-state index in [1.54, 1.807) is 12.1 Å². The molecule has 0 atom stereocenters. The van der Waals surface area contributed by atoms with Crippen molar-refractivity contribution in [3.8, 4) is 0 Å². The van der Waals surface area contributed by atoms with E-state index in [1.807, 2.05) is 24.3 Å². The van der Waals surface area contributed by atoms with E-state index < -0.39 is 0 Å². The summed E-state index contributed by atoms with van der Waals surface area (Å²) < 4.78 is 18.5. The highest BCUT2D eigenvalue weighted by Crippen LogP contribution is 2.26. The van der Waals surface area contributed by atoms with Gasteiger partial charge in [0.15, 0.2) is 0 Å². The molecule has 0 radical (unpaired) electrons. The van der Waals surface area contributed by atoms with E-state index in [4.69, 9.17) is 4.74 Å². The topological polar surface area (TPSA) is 61.9 Å². The van der Waals surface area contributed by atoms with Gasteiger partial charge in [-0.2, -0.15) is 0 Å². The highest BCUT2D eigenvalue weighted by atomic mass is 19.1. The second-order valence-electron chi connectivity index (χ2n) is 6.67. The molecule has 2 aromatic carbocycles. The smallest absolute Gasteiger partial charge is 0.244 e. The molecule has 0 saturated carbocycles. The Balaban J connectivity index is 1.66. The van der Waals surface area contributed by atoms with Crippen LogP contribution in [-0.2, 0) is 20.9 Å². The molecule has 1 aliphatic rings. The van der Waals surface area contributed by atoms with Crippen LogP contribution in [0.15, 0.2) is 48.5 Å². The summed E-state index contributed by atoms with van der Waals surface area (Å²) in [5.74, 6) is -0.838. The Hall–Kier alpha value is -2.93. The minimum absolute atomic E-state index is 0.0792. The van der Waals surface area contributed by atoms with E-state index in [2.05, 4.69) is 10.2 Å². The molecular weight excluding hydrogens is 361 g/mol. The van der Waals surface area contributed by atoms with Crippen LogP contribution in [0.4, 0.5) is 15.8 Å². The van der Waals surface area contributed by atoms with Crippen molar-refractivity contribution in [2.24, 2.45) is 0 Å². The lowest BCUT2D eigenvalue weighted by atomic mass is 10.2. The Kier molecular flexibility index (Phi) is 6.60. The first-order chi connectivity index (χ1) is 13.5. The molecule has 2 aromatic rings. The zero-order valence-electron chi connectivity index (χ0n) is 15.9. The molecule has 1 N–H and O–H groups in total. The van der Waals surface area contributed by atoms with Crippen LogP contribution >= 0.6 is 0 Å². The summed E-state index contributed by atoms with van der Waals surface area (Å²) in [5, 5.41) is 2.91. The van der Waals surface area contributed by atoms with Crippen LogP contribution in [0.1, 0.15) is 12.5 Å². The molecule has 1 aliphatic heterocycles. The SMILES string of the molecule is CC(=O)N(CC(=O)Nc1ccccc1N1CCOCC1)Cc1ccc(F)cc1. The Labute approximate surface area is 163 Å². The van der Waals surface area contributed by atoms with Crippen molar-refractivity contribution < 1.29 is 18.7 Å². The summed E-state index contributed by atoms with van der Waals surface area (Å²) in [4.78, 5) is 28.2. The minimum Gasteiger partial charge on any atom is -0.378 e. The fraction of sp³-hybridized carbons (Fsp3) is 0.333. The molecule has 1 saturated heterocycles. The standard InChI is InChI=1S/C21H24FN3O3/c1-16(26)25(14-17-6-8-18(22)9-7-17)15-21(27)23-19-4-2-3-5-20(19)24-10-12-28-13-11-24/h2-9H,10-15H2,1H3,(H,23,27). The molecule has 1 fully saturated rings. The maximum Gasteiger partial charge on any atom is 0.244 e. The van der Waals surface area contributed by atoms with Crippen LogP contribution in [0.5, 0.6) is 0 Å². The molecule has 28 heavy (non-hydrogen) atoms. The van der Waals surface area contributed by atoms with Gasteiger partial charge < -0.3 is 19.9 Å². The van der Waals surface area contributed by atoms with E-state index in [9.17, 15) is 14.0 Å². The second-order valence-corrected chi connectivity index (χ2v) is 6.67. The van der Waals surface area contributed by atoms with Crippen molar-refractivity contribution in [1.29, 1.82) is 0 Å². The number of benzene rings is 2. The number of amides is 2. The number of hydrogen-bond acceptors (Lipinski definition) is 4. The first-order valence-electron chi connectivity index (χ1n) is 9.24. The predicted molar refractivity (Wildman–Crippen MR) is 106 cm³/mol. The fourth-order valence-electron chi connectivity index (χ4n) is 3.11. The number of nitrogens with one attached hydrogen (secondary N) is 1. The number of nitrogens with zero attached hydrogens (tertiary/aromatic N) is 2. The van der Waals surface area contributed by atoms with Crippen LogP contribution < -0.4 is 10.2 Å². The molecule has 0 spiro atoms. The lowest BCUT2D eigenvalue weighted by Gasteiger charge is -2.30. The number of anilines is 2. The van der Waals surface area contributed by atoms with Gasteiger partial charge in [0, 0.05) is 26.6 Å². The highest BCUT2D eigenvalue weighted by Gasteiger charge is 2.18. The maximum atomic E-state index is 13.1. The molecule has 0 aromatic heterocycles. The average molecular weight is 385 g/mol. The van der Waals surface area contributed by atoms with Gasteiger partial charge in [-0.1, -0.05) is 24.3 Å². The molecule has 3 rings (SSSR count). The molecule has 7 heteroatoms. The molecule has 0 unspecified atom stereocenters. The lowest BCUT2D eigenvalue weighted by Crippen LogP contribution is -2.38. The van der Waals surface area contributed by atoms with Crippen LogP contribution in [0.3, 0.4) is 0 Å². The molecule has 6 nitrogen and oxygen atoms in total. The number of morpholine rings is 1. The van der Waals surface area contributed by atoms with Gasteiger partial charge in [0.1, 0.15) is 12.4 Å². The normalized spacial score (nSPS) is 13.9. The minimum atomic E-state index is -0.337. The summed E-state index contributed by atoms with van der Waals surface area (Å²) in [6.45, 7) is 4.40. The molecule has 0 bridgehead atoms. The summed E-state index contributed by atoms with van der Waals surface area (Å²) in [6.07, 6.45) is 0. The van der Waals surface area contributed by atoms with Crippen LogP contribution in [-0.4, -0.2) is 49.6 Å². The zero-order valence-corrected chi connectivity index (χ0v) is 15.9. The first kappa shape index (κ1) is 19.8. The van der Waals surface area contributed by atoms with Gasteiger partial charge in [0.25, 0.3) is 0 Å². The first-order valence-corrected chi connectivity index (χ1v) is 9.24. The molecule has 1 heterocycles. The van der Waals surface area contributed by atoms with E-state index >= 15 is 0 Å². The van der Waals surface area contributed by atoms with Crippen molar-refractivity contribution >= 4 is 23.2 Å².